The van der Waals surface area contributed by atoms with Crippen LogP contribution in [-0.4, -0.2) is 61.1 Å². The number of rotatable bonds is 3. The average Bonchev–Trinajstić information content (AvgIpc) is 3.18. The van der Waals surface area contributed by atoms with Gasteiger partial charge < -0.3 is 15.5 Å². The molecule has 4 rings (SSSR count). The molecule has 1 atom stereocenters. The molecule has 0 aromatic heterocycles. The summed E-state index contributed by atoms with van der Waals surface area (Å²) in [4.78, 5) is 17.2. The van der Waals surface area contributed by atoms with Gasteiger partial charge in [0.25, 0.3) is 0 Å². The molecule has 1 aromatic carbocycles. The number of nitrogens with one attached hydrogen (secondary N) is 2. The number of benzene rings is 1. The Labute approximate surface area is 138 Å². The van der Waals surface area contributed by atoms with Gasteiger partial charge in [0.05, 0.1) is 5.54 Å². The minimum absolute atomic E-state index is 0.106. The molecule has 0 bridgehead atoms. The number of hydrogen-bond acceptors (Lipinski definition) is 3. The second-order valence-corrected chi connectivity index (χ2v) is 7.05. The lowest BCUT2D eigenvalue weighted by molar-refractivity contribution is 0.112. The second-order valence-electron chi connectivity index (χ2n) is 7.05. The van der Waals surface area contributed by atoms with Gasteiger partial charge in [-0.2, -0.15) is 0 Å². The summed E-state index contributed by atoms with van der Waals surface area (Å²) in [5.41, 5.74) is 1.13. The van der Waals surface area contributed by atoms with Crippen molar-refractivity contribution in [2.45, 2.75) is 30.8 Å². The normalized spacial score (nSPS) is 27.0. The van der Waals surface area contributed by atoms with Crippen LogP contribution in [0.4, 0.5) is 4.79 Å². The molecule has 5 nitrogen and oxygen atoms in total. The second kappa shape index (κ2) is 6.13. The maximum Gasteiger partial charge on any atom is 0.318 e. The van der Waals surface area contributed by atoms with Crippen LogP contribution < -0.4 is 10.6 Å². The Morgan fingerprint density at radius 1 is 1.13 bits per heavy atom. The zero-order valence-corrected chi connectivity index (χ0v) is 13.6. The highest BCUT2D eigenvalue weighted by Crippen LogP contribution is 2.45. The average molecular weight is 314 g/mol. The molecule has 1 saturated carbocycles. The van der Waals surface area contributed by atoms with E-state index in [2.05, 4.69) is 39.8 Å². The van der Waals surface area contributed by atoms with Crippen molar-refractivity contribution < 1.29 is 4.79 Å². The van der Waals surface area contributed by atoms with Gasteiger partial charge in [0.1, 0.15) is 0 Å². The molecule has 1 aliphatic carbocycles. The fraction of sp³-hybridized carbons (Fsp3) is 0.611. The standard InChI is InChI=1S/C18H26N4O/c23-17(20-18(7-8-18)15-4-2-1-3-5-15)22-12-10-21(11-13-22)16-6-9-19-14-16/h1-5,16,19H,6-14H2,(H,20,23). The number of piperazine rings is 1. The third-order valence-electron chi connectivity index (χ3n) is 5.57. The van der Waals surface area contributed by atoms with Crippen LogP contribution in [0.3, 0.4) is 0 Å². The molecule has 2 amide bonds. The lowest BCUT2D eigenvalue weighted by Crippen LogP contribution is -2.55. The Bertz CT molecular complexity index is 543. The maximum absolute atomic E-state index is 12.6. The third kappa shape index (κ3) is 3.08. The smallest absolute Gasteiger partial charge is 0.318 e. The summed E-state index contributed by atoms with van der Waals surface area (Å²) in [7, 11) is 0. The first-order valence-electron chi connectivity index (χ1n) is 8.84. The van der Waals surface area contributed by atoms with Crippen LogP contribution in [0.2, 0.25) is 0 Å². The Kier molecular flexibility index (Phi) is 3.99. The molecule has 1 aromatic rings. The summed E-state index contributed by atoms with van der Waals surface area (Å²) in [6.45, 7) is 5.91. The van der Waals surface area contributed by atoms with Gasteiger partial charge in [-0.15, -0.1) is 0 Å². The van der Waals surface area contributed by atoms with E-state index in [1.165, 1.54) is 12.0 Å². The Hall–Kier alpha value is -1.59. The van der Waals surface area contributed by atoms with Gasteiger partial charge in [0, 0.05) is 38.8 Å². The van der Waals surface area contributed by atoms with E-state index in [1.807, 2.05) is 11.0 Å². The fourth-order valence-electron chi connectivity index (χ4n) is 3.89. The van der Waals surface area contributed by atoms with E-state index >= 15 is 0 Å². The molecule has 3 fully saturated rings. The number of carbonyl (C=O) groups excluding carboxylic acids is 1. The lowest BCUT2D eigenvalue weighted by Gasteiger charge is -2.38. The summed E-state index contributed by atoms with van der Waals surface area (Å²) in [6, 6.07) is 11.1. The number of carbonyl (C=O) groups is 1. The van der Waals surface area contributed by atoms with Gasteiger partial charge in [-0.3, -0.25) is 4.90 Å². The molecule has 5 heteroatoms. The van der Waals surface area contributed by atoms with Crippen LogP contribution in [0.1, 0.15) is 24.8 Å². The number of nitrogens with zero attached hydrogens (tertiary/aromatic N) is 2. The Morgan fingerprint density at radius 3 is 2.48 bits per heavy atom. The molecule has 1 unspecified atom stereocenters. The van der Waals surface area contributed by atoms with E-state index in [4.69, 9.17) is 0 Å². The molecule has 23 heavy (non-hydrogen) atoms. The minimum Gasteiger partial charge on any atom is -0.328 e. The van der Waals surface area contributed by atoms with E-state index in [0.29, 0.717) is 6.04 Å². The van der Waals surface area contributed by atoms with Crippen LogP contribution in [0.25, 0.3) is 0 Å². The van der Waals surface area contributed by atoms with Crippen molar-refractivity contribution in [3.8, 4) is 0 Å². The Morgan fingerprint density at radius 2 is 1.87 bits per heavy atom. The summed E-state index contributed by atoms with van der Waals surface area (Å²) in [5.74, 6) is 0. The number of hydrogen-bond donors (Lipinski definition) is 2. The number of urea groups is 1. The SMILES string of the molecule is O=C(NC1(c2ccccc2)CC1)N1CCN(C2CCNC2)CC1. The topological polar surface area (TPSA) is 47.6 Å². The van der Waals surface area contributed by atoms with E-state index < -0.39 is 0 Å². The zero-order valence-electron chi connectivity index (χ0n) is 13.6. The summed E-state index contributed by atoms with van der Waals surface area (Å²) < 4.78 is 0. The van der Waals surface area contributed by atoms with Gasteiger partial charge in [-0.25, -0.2) is 4.79 Å². The van der Waals surface area contributed by atoms with E-state index in [-0.39, 0.29) is 11.6 Å². The predicted molar refractivity (Wildman–Crippen MR) is 90.3 cm³/mol. The van der Waals surface area contributed by atoms with Gasteiger partial charge in [-0.05, 0) is 31.4 Å². The van der Waals surface area contributed by atoms with Crippen molar-refractivity contribution >= 4 is 6.03 Å². The third-order valence-corrected chi connectivity index (χ3v) is 5.57. The molecular formula is C18H26N4O. The van der Waals surface area contributed by atoms with Crippen molar-refractivity contribution in [2.24, 2.45) is 0 Å². The molecule has 2 N–H and O–H groups in total. The van der Waals surface area contributed by atoms with E-state index in [1.54, 1.807) is 0 Å². The molecule has 2 aliphatic heterocycles. The molecular weight excluding hydrogens is 288 g/mol. The first kappa shape index (κ1) is 15.0. The molecule has 0 radical (unpaired) electrons. The van der Waals surface area contributed by atoms with Gasteiger partial charge in [0.2, 0.25) is 0 Å². The first-order chi connectivity index (χ1) is 11.3. The lowest BCUT2D eigenvalue weighted by atomic mass is 10.1. The largest absolute Gasteiger partial charge is 0.328 e. The van der Waals surface area contributed by atoms with Gasteiger partial charge in [-0.1, -0.05) is 30.3 Å². The highest BCUT2D eigenvalue weighted by molar-refractivity contribution is 5.76. The summed E-state index contributed by atoms with van der Waals surface area (Å²) >= 11 is 0. The summed E-state index contributed by atoms with van der Waals surface area (Å²) in [6.07, 6.45) is 3.34. The quantitative estimate of drug-likeness (QED) is 0.886. The van der Waals surface area contributed by atoms with Crippen molar-refractivity contribution in [2.75, 3.05) is 39.3 Å². The van der Waals surface area contributed by atoms with E-state index in [0.717, 1.165) is 52.1 Å². The van der Waals surface area contributed by atoms with Crippen molar-refractivity contribution in [3.05, 3.63) is 35.9 Å². The molecule has 2 heterocycles. The fourth-order valence-corrected chi connectivity index (χ4v) is 3.89. The highest BCUT2D eigenvalue weighted by atomic mass is 16.2. The maximum atomic E-state index is 12.6. The zero-order chi connectivity index (χ0) is 15.7. The minimum atomic E-state index is -0.106. The van der Waals surface area contributed by atoms with Crippen molar-refractivity contribution in [1.29, 1.82) is 0 Å². The molecule has 2 saturated heterocycles. The van der Waals surface area contributed by atoms with Crippen molar-refractivity contribution in [1.82, 2.24) is 20.4 Å². The van der Waals surface area contributed by atoms with Crippen LogP contribution in [0.15, 0.2) is 30.3 Å². The van der Waals surface area contributed by atoms with Crippen LogP contribution in [0.5, 0.6) is 0 Å². The summed E-state index contributed by atoms with van der Waals surface area (Å²) in [5, 5.41) is 6.72. The number of amides is 2. The molecule has 124 valence electrons. The van der Waals surface area contributed by atoms with E-state index in [9.17, 15) is 4.79 Å². The monoisotopic (exact) mass is 314 g/mol. The van der Waals surface area contributed by atoms with Crippen LogP contribution in [0, 0.1) is 0 Å². The highest BCUT2D eigenvalue weighted by Gasteiger charge is 2.46. The van der Waals surface area contributed by atoms with Gasteiger partial charge in [0.15, 0.2) is 0 Å². The first-order valence-corrected chi connectivity index (χ1v) is 8.84. The van der Waals surface area contributed by atoms with Crippen LogP contribution >= 0.6 is 0 Å². The predicted octanol–water partition coefficient (Wildman–Crippen LogP) is 1.36. The Balaban J connectivity index is 1.32. The van der Waals surface area contributed by atoms with Crippen LogP contribution in [-0.2, 0) is 5.54 Å². The van der Waals surface area contributed by atoms with Crippen molar-refractivity contribution in [3.63, 3.8) is 0 Å². The van der Waals surface area contributed by atoms with Gasteiger partial charge >= 0.3 is 6.03 Å². The molecule has 3 aliphatic rings. The molecule has 0 spiro atoms.